The highest BCUT2D eigenvalue weighted by Gasteiger charge is 2.33. The number of hydrogen-bond donors (Lipinski definition) is 1. The Balaban J connectivity index is 2.53. The van der Waals surface area contributed by atoms with Crippen LogP contribution in [0.1, 0.15) is 34.1 Å². The molecule has 0 aromatic heterocycles. The molecule has 1 unspecified atom stereocenters. The van der Waals surface area contributed by atoms with E-state index >= 15 is 0 Å². The highest BCUT2D eigenvalue weighted by molar-refractivity contribution is 7.90. The Morgan fingerprint density at radius 1 is 1.38 bits per heavy atom. The van der Waals surface area contributed by atoms with Crippen molar-refractivity contribution < 1.29 is 8.42 Å². The molecule has 0 aliphatic carbocycles. The van der Waals surface area contributed by atoms with Gasteiger partial charge in [-0.1, -0.05) is 27.7 Å². The molecule has 0 bridgehead atoms. The minimum atomic E-state index is -3.09. The van der Waals surface area contributed by atoms with Gasteiger partial charge >= 0.3 is 0 Å². The average Bonchev–Trinajstić information content (AvgIpc) is 2.49. The first kappa shape index (κ1) is 13.9. The predicted molar refractivity (Wildman–Crippen MR) is 66.9 cm³/mol. The molecule has 0 radical (unpaired) electrons. The number of likely N-dealkylation sites (tertiary alicyclic amines) is 1. The van der Waals surface area contributed by atoms with Crippen molar-refractivity contribution in [1.82, 2.24) is 9.62 Å². The molecule has 0 saturated carbocycles. The zero-order chi connectivity index (χ0) is 12.4. The summed E-state index contributed by atoms with van der Waals surface area (Å²) in [5.41, 5.74) is 0.233. The SMILES string of the molecule is CCNS(=O)(=O)C1CCN(CC(C)(C)C)C1. The van der Waals surface area contributed by atoms with Crippen LogP contribution in [-0.4, -0.2) is 44.7 Å². The van der Waals surface area contributed by atoms with Crippen molar-refractivity contribution in [3.63, 3.8) is 0 Å². The molecule has 4 nitrogen and oxygen atoms in total. The van der Waals surface area contributed by atoms with Gasteiger partial charge in [-0.25, -0.2) is 13.1 Å². The normalized spacial score (nSPS) is 23.9. The largest absolute Gasteiger partial charge is 0.301 e. The molecular weight excluding hydrogens is 224 g/mol. The third kappa shape index (κ3) is 4.03. The molecular formula is C11H24N2O2S. The van der Waals surface area contributed by atoms with Gasteiger partial charge in [-0.15, -0.1) is 0 Å². The van der Waals surface area contributed by atoms with E-state index in [0.717, 1.165) is 19.5 Å². The van der Waals surface area contributed by atoms with Crippen LogP contribution in [0.15, 0.2) is 0 Å². The molecule has 1 aliphatic rings. The summed E-state index contributed by atoms with van der Waals surface area (Å²) in [7, 11) is -3.09. The van der Waals surface area contributed by atoms with E-state index in [-0.39, 0.29) is 10.7 Å². The summed E-state index contributed by atoms with van der Waals surface area (Å²) in [6.45, 7) is 11.4. The van der Waals surface area contributed by atoms with E-state index in [2.05, 4.69) is 30.4 Å². The minimum absolute atomic E-state index is 0.227. The Morgan fingerprint density at radius 2 is 2.00 bits per heavy atom. The summed E-state index contributed by atoms with van der Waals surface area (Å²) < 4.78 is 26.2. The van der Waals surface area contributed by atoms with E-state index in [1.807, 2.05) is 6.92 Å². The van der Waals surface area contributed by atoms with Gasteiger partial charge < -0.3 is 4.90 Å². The van der Waals surface area contributed by atoms with Crippen LogP contribution in [-0.2, 0) is 10.0 Å². The van der Waals surface area contributed by atoms with Crippen molar-refractivity contribution in [2.75, 3.05) is 26.2 Å². The topological polar surface area (TPSA) is 49.4 Å². The fourth-order valence-electron chi connectivity index (χ4n) is 2.18. The third-order valence-corrected chi connectivity index (χ3v) is 4.66. The van der Waals surface area contributed by atoms with Gasteiger partial charge in [0.25, 0.3) is 0 Å². The molecule has 16 heavy (non-hydrogen) atoms. The highest BCUT2D eigenvalue weighted by atomic mass is 32.2. The number of hydrogen-bond acceptors (Lipinski definition) is 3. The maximum absolute atomic E-state index is 11.8. The smallest absolute Gasteiger partial charge is 0.215 e. The van der Waals surface area contributed by atoms with E-state index in [0.29, 0.717) is 13.1 Å². The summed E-state index contributed by atoms with van der Waals surface area (Å²) >= 11 is 0. The Morgan fingerprint density at radius 3 is 2.50 bits per heavy atom. The van der Waals surface area contributed by atoms with Crippen LogP contribution in [0.2, 0.25) is 0 Å². The van der Waals surface area contributed by atoms with Gasteiger partial charge in [-0.2, -0.15) is 0 Å². The van der Waals surface area contributed by atoms with Crippen LogP contribution < -0.4 is 4.72 Å². The quantitative estimate of drug-likeness (QED) is 0.809. The molecule has 1 fully saturated rings. The van der Waals surface area contributed by atoms with Crippen LogP contribution in [0.4, 0.5) is 0 Å². The maximum Gasteiger partial charge on any atom is 0.215 e. The molecule has 0 spiro atoms. The van der Waals surface area contributed by atoms with Gasteiger partial charge in [-0.05, 0) is 18.4 Å². The number of nitrogens with one attached hydrogen (secondary N) is 1. The Labute approximate surface area is 99.5 Å². The summed E-state index contributed by atoms with van der Waals surface area (Å²) in [5.74, 6) is 0. The monoisotopic (exact) mass is 248 g/mol. The van der Waals surface area contributed by atoms with E-state index in [4.69, 9.17) is 0 Å². The molecule has 1 aliphatic heterocycles. The van der Waals surface area contributed by atoms with Gasteiger partial charge in [0.2, 0.25) is 10.0 Å². The molecule has 0 aromatic rings. The number of nitrogens with zero attached hydrogens (tertiary/aromatic N) is 1. The summed E-state index contributed by atoms with van der Waals surface area (Å²) in [4.78, 5) is 2.25. The second-order valence-electron chi connectivity index (χ2n) is 5.75. The zero-order valence-corrected chi connectivity index (χ0v) is 11.6. The molecule has 1 rings (SSSR count). The van der Waals surface area contributed by atoms with E-state index in [1.54, 1.807) is 0 Å². The molecule has 1 atom stereocenters. The maximum atomic E-state index is 11.8. The van der Waals surface area contributed by atoms with Crippen LogP contribution in [0.25, 0.3) is 0 Å². The van der Waals surface area contributed by atoms with E-state index < -0.39 is 10.0 Å². The van der Waals surface area contributed by atoms with Gasteiger partial charge in [0.15, 0.2) is 0 Å². The molecule has 0 amide bonds. The van der Waals surface area contributed by atoms with Gasteiger partial charge in [-0.3, -0.25) is 0 Å². The lowest BCUT2D eigenvalue weighted by Crippen LogP contribution is -2.37. The number of sulfonamides is 1. The van der Waals surface area contributed by atoms with Crippen molar-refractivity contribution in [2.45, 2.75) is 39.4 Å². The molecule has 0 aromatic carbocycles. The summed E-state index contributed by atoms with van der Waals surface area (Å²) in [6.07, 6.45) is 0.755. The Bertz CT molecular complexity index is 319. The molecule has 96 valence electrons. The average molecular weight is 248 g/mol. The molecule has 5 heteroatoms. The first-order chi connectivity index (χ1) is 7.24. The zero-order valence-electron chi connectivity index (χ0n) is 10.8. The van der Waals surface area contributed by atoms with Gasteiger partial charge in [0.05, 0.1) is 5.25 Å². The van der Waals surface area contributed by atoms with Crippen molar-refractivity contribution in [2.24, 2.45) is 5.41 Å². The van der Waals surface area contributed by atoms with E-state index in [9.17, 15) is 8.42 Å². The third-order valence-electron chi connectivity index (χ3n) is 2.71. The van der Waals surface area contributed by atoms with Gasteiger partial charge in [0, 0.05) is 19.6 Å². The molecule has 1 heterocycles. The van der Waals surface area contributed by atoms with Gasteiger partial charge in [0.1, 0.15) is 0 Å². The fraction of sp³-hybridized carbons (Fsp3) is 1.00. The highest BCUT2D eigenvalue weighted by Crippen LogP contribution is 2.21. The lowest BCUT2D eigenvalue weighted by Gasteiger charge is -2.26. The van der Waals surface area contributed by atoms with Crippen molar-refractivity contribution in [3.05, 3.63) is 0 Å². The lowest BCUT2D eigenvalue weighted by molar-refractivity contribution is 0.227. The van der Waals surface area contributed by atoms with E-state index in [1.165, 1.54) is 0 Å². The van der Waals surface area contributed by atoms with Crippen LogP contribution in [0.5, 0.6) is 0 Å². The molecule has 1 N–H and O–H groups in total. The second kappa shape index (κ2) is 5.02. The first-order valence-corrected chi connectivity index (χ1v) is 7.50. The van der Waals surface area contributed by atoms with Crippen LogP contribution >= 0.6 is 0 Å². The number of rotatable bonds is 4. The minimum Gasteiger partial charge on any atom is -0.301 e. The van der Waals surface area contributed by atoms with Crippen molar-refractivity contribution >= 4 is 10.0 Å². The van der Waals surface area contributed by atoms with Crippen LogP contribution in [0, 0.1) is 5.41 Å². The first-order valence-electron chi connectivity index (χ1n) is 5.95. The fourth-order valence-corrected chi connectivity index (χ4v) is 3.64. The van der Waals surface area contributed by atoms with Crippen molar-refractivity contribution in [3.8, 4) is 0 Å². The standard InChI is InChI=1S/C11H24N2O2S/c1-5-12-16(14,15)10-6-7-13(8-10)9-11(2,3)4/h10,12H,5-9H2,1-4H3. The van der Waals surface area contributed by atoms with Crippen molar-refractivity contribution in [1.29, 1.82) is 0 Å². The molecule has 1 saturated heterocycles. The Kier molecular flexibility index (Phi) is 4.37. The summed E-state index contributed by atoms with van der Waals surface area (Å²) in [5, 5.41) is -0.227. The predicted octanol–water partition coefficient (Wildman–Crippen LogP) is 1.05. The van der Waals surface area contributed by atoms with Crippen LogP contribution in [0.3, 0.4) is 0 Å². The Hall–Kier alpha value is -0.130. The summed E-state index contributed by atoms with van der Waals surface area (Å²) in [6, 6.07) is 0. The lowest BCUT2D eigenvalue weighted by atomic mass is 9.96. The second-order valence-corrected chi connectivity index (χ2v) is 7.79.